The number of hydrogen-bond acceptors (Lipinski definition) is 4. The minimum Gasteiger partial charge on any atom is -0.471 e. The summed E-state index contributed by atoms with van der Waals surface area (Å²) in [5.74, 6) is -0.526. The van der Waals surface area contributed by atoms with E-state index in [1.54, 1.807) is 32.0 Å². The standard InChI is InChI=1S/C15H15FN2O3S/c1-10-5-6-14(12(16)8-10)22(19,20)18-9-11(2)21-15-13(18)4-3-7-17-15/h3-8,11H,9H2,1-2H3/t11-/m0/s1. The van der Waals surface area contributed by atoms with Crippen molar-refractivity contribution >= 4 is 15.7 Å². The van der Waals surface area contributed by atoms with Crippen LogP contribution < -0.4 is 9.04 Å². The molecule has 0 spiro atoms. The van der Waals surface area contributed by atoms with E-state index in [-0.39, 0.29) is 23.4 Å². The molecule has 0 bridgehead atoms. The van der Waals surface area contributed by atoms with Gasteiger partial charge in [-0.2, -0.15) is 0 Å². The van der Waals surface area contributed by atoms with Gasteiger partial charge in [-0.1, -0.05) is 6.07 Å². The van der Waals surface area contributed by atoms with Crippen molar-refractivity contribution in [1.82, 2.24) is 4.98 Å². The van der Waals surface area contributed by atoms with Gasteiger partial charge in [0.2, 0.25) is 5.88 Å². The lowest BCUT2D eigenvalue weighted by atomic mass is 10.2. The third-order valence-electron chi connectivity index (χ3n) is 3.41. The van der Waals surface area contributed by atoms with Crippen LogP contribution in [0.15, 0.2) is 41.4 Å². The molecule has 1 atom stereocenters. The average Bonchev–Trinajstić information content (AvgIpc) is 2.45. The van der Waals surface area contributed by atoms with Gasteiger partial charge in [-0.25, -0.2) is 17.8 Å². The molecule has 5 nitrogen and oxygen atoms in total. The Labute approximate surface area is 128 Å². The smallest absolute Gasteiger partial charge is 0.267 e. The number of nitrogens with zero attached hydrogens (tertiary/aromatic N) is 2. The predicted molar refractivity (Wildman–Crippen MR) is 80.0 cm³/mol. The summed E-state index contributed by atoms with van der Waals surface area (Å²) in [6.45, 7) is 3.55. The van der Waals surface area contributed by atoms with E-state index in [1.165, 1.54) is 18.3 Å². The highest BCUT2D eigenvalue weighted by atomic mass is 32.2. The van der Waals surface area contributed by atoms with Crippen molar-refractivity contribution in [2.75, 3.05) is 10.8 Å². The molecule has 0 fully saturated rings. The summed E-state index contributed by atoms with van der Waals surface area (Å²) in [7, 11) is -4.02. The van der Waals surface area contributed by atoms with Crippen LogP contribution in [0.4, 0.5) is 10.1 Å². The lowest BCUT2D eigenvalue weighted by molar-refractivity contribution is 0.210. The summed E-state index contributed by atoms with van der Waals surface area (Å²) < 4.78 is 46.5. The van der Waals surface area contributed by atoms with E-state index in [0.717, 1.165) is 4.31 Å². The first-order valence-electron chi connectivity index (χ1n) is 6.80. The van der Waals surface area contributed by atoms with Crippen LogP contribution in [-0.4, -0.2) is 26.1 Å². The van der Waals surface area contributed by atoms with Crippen LogP contribution in [-0.2, 0) is 10.0 Å². The van der Waals surface area contributed by atoms with E-state index in [0.29, 0.717) is 11.3 Å². The quantitative estimate of drug-likeness (QED) is 0.852. The van der Waals surface area contributed by atoms with Crippen LogP contribution in [0.25, 0.3) is 0 Å². The van der Waals surface area contributed by atoms with Crippen molar-refractivity contribution in [3.63, 3.8) is 0 Å². The molecule has 0 amide bonds. The second-order valence-electron chi connectivity index (χ2n) is 5.23. The van der Waals surface area contributed by atoms with Crippen molar-refractivity contribution < 1.29 is 17.5 Å². The fraction of sp³-hybridized carbons (Fsp3) is 0.267. The highest BCUT2D eigenvalue weighted by Crippen LogP contribution is 2.35. The lowest BCUT2D eigenvalue weighted by Crippen LogP contribution is -2.42. The molecule has 2 aromatic rings. The molecule has 2 heterocycles. The summed E-state index contributed by atoms with van der Waals surface area (Å²) in [6, 6.07) is 7.28. The highest BCUT2D eigenvalue weighted by molar-refractivity contribution is 7.92. The second-order valence-corrected chi connectivity index (χ2v) is 7.06. The zero-order valence-electron chi connectivity index (χ0n) is 12.2. The van der Waals surface area contributed by atoms with Gasteiger partial charge in [-0.05, 0) is 43.7 Å². The number of aryl methyl sites for hydroxylation is 1. The number of anilines is 1. The maximum atomic E-state index is 14.1. The van der Waals surface area contributed by atoms with Gasteiger partial charge < -0.3 is 4.74 Å². The van der Waals surface area contributed by atoms with Crippen molar-refractivity contribution in [2.24, 2.45) is 0 Å². The number of sulfonamides is 1. The third-order valence-corrected chi connectivity index (χ3v) is 5.22. The van der Waals surface area contributed by atoms with Gasteiger partial charge in [-0.3, -0.25) is 4.31 Å². The van der Waals surface area contributed by atoms with E-state index in [2.05, 4.69) is 4.98 Å². The summed E-state index contributed by atoms with van der Waals surface area (Å²) in [5, 5.41) is 0. The maximum absolute atomic E-state index is 14.1. The van der Waals surface area contributed by atoms with E-state index in [1.807, 2.05) is 0 Å². The zero-order valence-corrected chi connectivity index (χ0v) is 13.0. The molecule has 116 valence electrons. The Kier molecular flexibility index (Phi) is 3.52. The third kappa shape index (κ3) is 2.41. The maximum Gasteiger partial charge on any atom is 0.267 e. The first-order chi connectivity index (χ1) is 10.4. The Hall–Kier alpha value is -2.15. The molecular weight excluding hydrogens is 307 g/mol. The molecule has 0 radical (unpaired) electrons. The number of halogens is 1. The molecule has 1 aliphatic heterocycles. The highest BCUT2D eigenvalue weighted by Gasteiger charge is 2.35. The van der Waals surface area contributed by atoms with Gasteiger partial charge in [0.1, 0.15) is 22.5 Å². The van der Waals surface area contributed by atoms with Crippen molar-refractivity contribution in [1.29, 1.82) is 0 Å². The number of aromatic nitrogens is 1. The molecule has 0 aliphatic carbocycles. The minimum absolute atomic E-state index is 0.105. The fourth-order valence-electron chi connectivity index (χ4n) is 2.38. The molecule has 1 aliphatic rings. The monoisotopic (exact) mass is 322 g/mol. The molecule has 1 aromatic carbocycles. The number of ether oxygens (including phenoxy) is 1. The molecule has 7 heteroatoms. The van der Waals surface area contributed by atoms with Gasteiger partial charge in [0.15, 0.2) is 0 Å². The summed E-state index contributed by atoms with van der Waals surface area (Å²) in [6.07, 6.45) is 1.15. The molecule has 1 aromatic heterocycles. The Morgan fingerprint density at radius 3 is 2.86 bits per heavy atom. The van der Waals surface area contributed by atoms with Gasteiger partial charge in [0.25, 0.3) is 10.0 Å². The lowest BCUT2D eigenvalue weighted by Gasteiger charge is -2.33. The normalized spacial score (nSPS) is 17.8. The first-order valence-corrected chi connectivity index (χ1v) is 8.24. The van der Waals surface area contributed by atoms with Crippen LogP contribution in [0.5, 0.6) is 5.88 Å². The van der Waals surface area contributed by atoms with Crippen LogP contribution >= 0.6 is 0 Å². The molecule has 0 N–H and O–H groups in total. The average molecular weight is 322 g/mol. The zero-order chi connectivity index (χ0) is 15.9. The van der Waals surface area contributed by atoms with Gasteiger partial charge in [0, 0.05) is 6.20 Å². The molecule has 3 rings (SSSR count). The predicted octanol–water partition coefficient (Wildman–Crippen LogP) is 2.51. The number of benzene rings is 1. The second kappa shape index (κ2) is 5.24. The number of hydrogen-bond donors (Lipinski definition) is 0. The summed E-state index contributed by atoms with van der Waals surface area (Å²) in [5.41, 5.74) is 0.981. The van der Waals surface area contributed by atoms with E-state index < -0.39 is 15.8 Å². The van der Waals surface area contributed by atoms with Crippen molar-refractivity contribution in [3.05, 3.63) is 47.9 Å². The van der Waals surface area contributed by atoms with Crippen LogP contribution in [0, 0.1) is 12.7 Å². The number of rotatable bonds is 2. The van der Waals surface area contributed by atoms with Crippen molar-refractivity contribution in [2.45, 2.75) is 24.8 Å². The Bertz CT molecular complexity index is 823. The molecule has 0 saturated carbocycles. The van der Waals surface area contributed by atoms with Gasteiger partial charge in [0.05, 0.1) is 6.54 Å². The van der Waals surface area contributed by atoms with E-state index in [4.69, 9.17) is 4.74 Å². The van der Waals surface area contributed by atoms with Crippen LogP contribution in [0.3, 0.4) is 0 Å². The van der Waals surface area contributed by atoms with Crippen molar-refractivity contribution in [3.8, 4) is 5.88 Å². The summed E-state index contributed by atoms with van der Waals surface area (Å²) in [4.78, 5) is 3.70. The van der Waals surface area contributed by atoms with Gasteiger partial charge >= 0.3 is 0 Å². The summed E-state index contributed by atoms with van der Waals surface area (Å²) >= 11 is 0. The Morgan fingerprint density at radius 2 is 2.14 bits per heavy atom. The molecule has 0 saturated heterocycles. The van der Waals surface area contributed by atoms with E-state index in [9.17, 15) is 12.8 Å². The van der Waals surface area contributed by atoms with Gasteiger partial charge in [-0.15, -0.1) is 0 Å². The first kappa shape index (κ1) is 14.8. The Balaban J connectivity index is 2.13. The number of pyridine rings is 1. The SMILES string of the molecule is Cc1ccc(S(=O)(=O)N2C[C@H](C)Oc3ncccc32)c(F)c1. The number of fused-ring (bicyclic) bond motifs is 1. The van der Waals surface area contributed by atoms with Crippen LogP contribution in [0.2, 0.25) is 0 Å². The molecule has 22 heavy (non-hydrogen) atoms. The minimum atomic E-state index is -4.02. The van der Waals surface area contributed by atoms with E-state index >= 15 is 0 Å². The Morgan fingerprint density at radius 1 is 1.36 bits per heavy atom. The fourth-order valence-corrected chi connectivity index (χ4v) is 3.97. The largest absolute Gasteiger partial charge is 0.471 e. The molecular formula is C15H15FN2O3S. The topological polar surface area (TPSA) is 59.5 Å². The van der Waals surface area contributed by atoms with Crippen LogP contribution in [0.1, 0.15) is 12.5 Å². The molecule has 0 unspecified atom stereocenters.